The zero-order valence-corrected chi connectivity index (χ0v) is 14.1. The van der Waals surface area contributed by atoms with Crippen molar-refractivity contribution in [1.82, 2.24) is 4.90 Å². The van der Waals surface area contributed by atoms with Crippen molar-refractivity contribution >= 4 is 38.9 Å². The normalized spacial score (nSPS) is 10.4. The highest BCUT2D eigenvalue weighted by molar-refractivity contribution is 9.10. The van der Waals surface area contributed by atoms with Crippen LogP contribution in [0.3, 0.4) is 0 Å². The van der Waals surface area contributed by atoms with Gasteiger partial charge in [-0.2, -0.15) is 0 Å². The van der Waals surface area contributed by atoms with Crippen LogP contribution in [0, 0.1) is 6.92 Å². The van der Waals surface area contributed by atoms with E-state index in [0.29, 0.717) is 6.54 Å². The second-order valence-corrected chi connectivity index (χ2v) is 6.58. The minimum absolute atomic E-state index is 0.0506. The maximum absolute atomic E-state index is 12.5. The number of carbonyl (C=O) groups is 1. The SMILES string of the molecule is CNc1ccc(C(=O)N(C)Cc2cc(Br)cs2)c(C)c1. The molecule has 0 spiro atoms. The summed E-state index contributed by atoms with van der Waals surface area (Å²) in [5.41, 5.74) is 2.76. The van der Waals surface area contributed by atoms with Crippen molar-refractivity contribution in [2.75, 3.05) is 19.4 Å². The van der Waals surface area contributed by atoms with Gasteiger partial charge in [0.2, 0.25) is 0 Å². The Kier molecular flexibility index (Phi) is 4.83. The lowest BCUT2D eigenvalue weighted by molar-refractivity contribution is 0.0786. The van der Waals surface area contributed by atoms with E-state index in [4.69, 9.17) is 0 Å². The lowest BCUT2D eigenvalue weighted by Crippen LogP contribution is -2.26. The van der Waals surface area contributed by atoms with E-state index >= 15 is 0 Å². The zero-order chi connectivity index (χ0) is 14.7. The standard InChI is InChI=1S/C15H17BrN2OS/c1-10-6-12(17-2)4-5-14(10)15(19)18(3)8-13-7-11(16)9-20-13/h4-7,9,17H,8H2,1-3H3. The van der Waals surface area contributed by atoms with E-state index in [9.17, 15) is 4.79 Å². The van der Waals surface area contributed by atoms with E-state index in [2.05, 4.69) is 21.2 Å². The fraction of sp³-hybridized carbons (Fsp3) is 0.267. The highest BCUT2D eigenvalue weighted by Gasteiger charge is 2.15. The lowest BCUT2D eigenvalue weighted by atomic mass is 10.1. The molecule has 3 nitrogen and oxygen atoms in total. The predicted octanol–water partition coefficient (Wildman–Crippen LogP) is 4.13. The number of nitrogens with one attached hydrogen (secondary N) is 1. The molecule has 1 amide bonds. The molecule has 2 rings (SSSR count). The molecule has 0 aliphatic heterocycles. The Labute approximate surface area is 131 Å². The summed E-state index contributed by atoms with van der Waals surface area (Å²) in [6.07, 6.45) is 0. The van der Waals surface area contributed by atoms with Crippen molar-refractivity contribution in [3.05, 3.63) is 50.1 Å². The molecule has 0 fully saturated rings. The van der Waals surface area contributed by atoms with Crippen LogP contribution in [0.5, 0.6) is 0 Å². The quantitative estimate of drug-likeness (QED) is 0.896. The van der Waals surface area contributed by atoms with Gasteiger partial charge < -0.3 is 10.2 Å². The van der Waals surface area contributed by atoms with Crippen molar-refractivity contribution in [1.29, 1.82) is 0 Å². The molecule has 1 N–H and O–H groups in total. The molecule has 5 heteroatoms. The molecule has 0 aliphatic rings. The Bertz CT molecular complexity index is 624. The van der Waals surface area contributed by atoms with Gasteiger partial charge in [0.05, 0.1) is 6.54 Å². The number of nitrogens with zero attached hydrogens (tertiary/aromatic N) is 1. The summed E-state index contributed by atoms with van der Waals surface area (Å²) in [6.45, 7) is 2.59. The number of rotatable bonds is 4. The van der Waals surface area contributed by atoms with Crippen LogP contribution in [0.4, 0.5) is 5.69 Å². The van der Waals surface area contributed by atoms with Crippen molar-refractivity contribution in [2.45, 2.75) is 13.5 Å². The number of halogens is 1. The molecular weight excluding hydrogens is 336 g/mol. The molecule has 20 heavy (non-hydrogen) atoms. The molecular formula is C15H17BrN2OS. The third-order valence-electron chi connectivity index (χ3n) is 3.11. The minimum Gasteiger partial charge on any atom is -0.388 e. The summed E-state index contributed by atoms with van der Waals surface area (Å²) in [6, 6.07) is 7.84. The molecule has 0 aliphatic carbocycles. The first-order valence-corrected chi connectivity index (χ1v) is 7.95. The van der Waals surface area contributed by atoms with E-state index < -0.39 is 0 Å². The van der Waals surface area contributed by atoms with Crippen LogP contribution < -0.4 is 5.32 Å². The van der Waals surface area contributed by atoms with E-state index in [1.54, 1.807) is 16.2 Å². The van der Waals surface area contributed by atoms with Gasteiger partial charge in [-0.1, -0.05) is 0 Å². The lowest BCUT2D eigenvalue weighted by Gasteiger charge is -2.18. The third-order valence-corrected chi connectivity index (χ3v) is 4.79. The van der Waals surface area contributed by atoms with Crippen LogP contribution in [0.25, 0.3) is 0 Å². The third kappa shape index (κ3) is 3.41. The van der Waals surface area contributed by atoms with Crippen LogP contribution in [-0.4, -0.2) is 24.9 Å². The van der Waals surface area contributed by atoms with E-state index in [-0.39, 0.29) is 5.91 Å². The van der Waals surface area contributed by atoms with Crippen molar-refractivity contribution < 1.29 is 4.79 Å². The van der Waals surface area contributed by atoms with Crippen LogP contribution in [0.1, 0.15) is 20.8 Å². The fourth-order valence-electron chi connectivity index (χ4n) is 2.01. The number of aryl methyl sites for hydroxylation is 1. The summed E-state index contributed by atoms with van der Waals surface area (Å²) in [4.78, 5) is 15.4. The van der Waals surface area contributed by atoms with E-state index in [0.717, 1.165) is 26.2 Å². The van der Waals surface area contributed by atoms with E-state index in [1.165, 1.54) is 0 Å². The minimum atomic E-state index is 0.0506. The molecule has 0 unspecified atom stereocenters. The Morgan fingerprint density at radius 3 is 2.70 bits per heavy atom. The Morgan fingerprint density at radius 1 is 1.40 bits per heavy atom. The van der Waals surface area contributed by atoms with Gasteiger partial charge in [0, 0.05) is 40.1 Å². The maximum atomic E-state index is 12.5. The van der Waals surface area contributed by atoms with Crippen LogP contribution >= 0.6 is 27.3 Å². The topological polar surface area (TPSA) is 32.3 Å². The second kappa shape index (κ2) is 6.41. The molecule has 0 bridgehead atoms. The first kappa shape index (κ1) is 15.1. The molecule has 0 saturated heterocycles. The molecule has 0 atom stereocenters. The second-order valence-electron chi connectivity index (χ2n) is 4.67. The van der Waals surface area contributed by atoms with Crippen LogP contribution in [0.2, 0.25) is 0 Å². The van der Waals surface area contributed by atoms with Crippen LogP contribution in [-0.2, 0) is 6.54 Å². The first-order valence-electron chi connectivity index (χ1n) is 6.28. The number of carbonyl (C=O) groups excluding carboxylic acids is 1. The van der Waals surface area contributed by atoms with Gasteiger partial charge in [-0.25, -0.2) is 0 Å². The number of hydrogen-bond donors (Lipinski definition) is 1. The van der Waals surface area contributed by atoms with Crippen molar-refractivity contribution in [2.24, 2.45) is 0 Å². The molecule has 1 aromatic heterocycles. The summed E-state index contributed by atoms with van der Waals surface area (Å²) in [5.74, 6) is 0.0506. The molecule has 0 radical (unpaired) electrons. The van der Waals surface area contributed by atoms with Crippen LogP contribution in [0.15, 0.2) is 34.1 Å². The number of anilines is 1. The Morgan fingerprint density at radius 2 is 2.15 bits per heavy atom. The van der Waals surface area contributed by atoms with Gasteiger partial charge in [-0.3, -0.25) is 4.79 Å². The van der Waals surface area contributed by atoms with Gasteiger partial charge >= 0.3 is 0 Å². The maximum Gasteiger partial charge on any atom is 0.254 e. The van der Waals surface area contributed by atoms with Gasteiger partial charge in [-0.05, 0) is 52.7 Å². The molecule has 2 aromatic rings. The van der Waals surface area contributed by atoms with Gasteiger partial charge in [0.1, 0.15) is 0 Å². The molecule has 106 valence electrons. The summed E-state index contributed by atoms with van der Waals surface area (Å²) in [5, 5.41) is 5.11. The Hall–Kier alpha value is -1.33. The molecule has 1 heterocycles. The van der Waals surface area contributed by atoms with Crippen molar-refractivity contribution in [3.63, 3.8) is 0 Å². The first-order chi connectivity index (χ1) is 9.51. The van der Waals surface area contributed by atoms with Gasteiger partial charge in [0.25, 0.3) is 5.91 Å². The van der Waals surface area contributed by atoms with Crippen molar-refractivity contribution in [3.8, 4) is 0 Å². The number of benzene rings is 1. The average molecular weight is 353 g/mol. The smallest absolute Gasteiger partial charge is 0.254 e. The summed E-state index contributed by atoms with van der Waals surface area (Å²) in [7, 11) is 3.71. The van der Waals surface area contributed by atoms with Gasteiger partial charge in [-0.15, -0.1) is 11.3 Å². The fourth-order valence-corrected chi connectivity index (χ4v) is 3.51. The zero-order valence-electron chi connectivity index (χ0n) is 11.7. The predicted molar refractivity (Wildman–Crippen MR) is 88.5 cm³/mol. The number of amides is 1. The number of thiophene rings is 1. The summed E-state index contributed by atoms with van der Waals surface area (Å²) < 4.78 is 1.06. The van der Waals surface area contributed by atoms with Gasteiger partial charge in [0.15, 0.2) is 0 Å². The Balaban J connectivity index is 2.14. The van der Waals surface area contributed by atoms with E-state index in [1.807, 2.05) is 50.7 Å². The largest absolute Gasteiger partial charge is 0.388 e. The average Bonchev–Trinajstić information content (AvgIpc) is 2.83. The molecule has 1 aromatic carbocycles. The molecule has 0 saturated carbocycles. The highest BCUT2D eigenvalue weighted by atomic mass is 79.9. The number of hydrogen-bond acceptors (Lipinski definition) is 3. The highest BCUT2D eigenvalue weighted by Crippen LogP contribution is 2.22. The monoisotopic (exact) mass is 352 g/mol. The summed E-state index contributed by atoms with van der Waals surface area (Å²) >= 11 is 5.08.